The highest BCUT2D eigenvalue weighted by Crippen LogP contribution is 1.67. The lowest BCUT2D eigenvalue weighted by molar-refractivity contribution is 0.588. The van der Waals surface area contributed by atoms with E-state index < -0.39 is 0 Å². The lowest BCUT2D eigenvalue weighted by atomic mass is 10.6. The number of nitrogens with zero attached hydrogens (tertiary/aromatic N) is 1. The topological polar surface area (TPSA) is 27.1 Å². The van der Waals surface area contributed by atoms with Crippen LogP contribution >= 0.6 is 0 Å². The van der Waals surface area contributed by atoms with Crippen LogP contribution in [0.3, 0.4) is 0 Å². The number of hydrogen-bond acceptors (Lipinski definition) is 1. The van der Waals surface area contributed by atoms with Gasteiger partial charge in [-0.2, -0.15) is 0 Å². The first-order valence-corrected chi connectivity index (χ1v) is 1.88. The molecule has 0 unspecified atom stereocenters. The van der Waals surface area contributed by atoms with Gasteiger partial charge in [0.05, 0.1) is 6.54 Å². The van der Waals surface area contributed by atoms with Crippen LogP contribution < -0.4 is 0 Å². The molecule has 0 spiro atoms. The third-order valence-corrected chi connectivity index (χ3v) is 0.519. The van der Waals surface area contributed by atoms with Gasteiger partial charge in [0.2, 0.25) is 0 Å². The average molecular weight is 95.1 g/mol. The highest BCUT2D eigenvalue weighted by atomic mass is 15.1. The van der Waals surface area contributed by atoms with Crippen molar-refractivity contribution in [2.75, 3.05) is 13.6 Å². The number of hydrogen-bond donors (Lipinski definition) is 1. The summed E-state index contributed by atoms with van der Waals surface area (Å²) in [5.74, 6) is 2.36. The molecule has 1 radical (unpaired) electrons. The summed E-state index contributed by atoms with van der Waals surface area (Å²) in [5, 5.41) is 6.49. The van der Waals surface area contributed by atoms with Crippen LogP contribution in [0.15, 0.2) is 0 Å². The van der Waals surface area contributed by atoms with Crippen LogP contribution in [0.4, 0.5) is 0 Å². The fourth-order valence-electron chi connectivity index (χ4n) is 0.176. The zero-order valence-corrected chi connectivity index (χ0v) is 4.23. The normalized spacial score (nSPS) is 6.86. The molecule has 2 heteroatoms. The molecular formula is C5H7N2. The molecule has 0 aliphatic carbocycles. The fourth-order valence-corrected chi connectivity index (χ4v) is 0.176. The summed E-state index contributed by atoms with van der Waals surface area (Å²) in [6.45, 7) is 0.462. The molecule has 37 valence electrons. The molecule has 0 rings (SSSR count). The summed E-state index contributed by atoms with van der Waals surface area (Å²) in [4.78, 5) is 1.49. The molecule has 0 saturated carbocycles. The SMILES string of the molecule is C#CCN(C)[C]=N. The van der Waals surface area contributed by atoms with Crippen molar-refractivity contribution in [1.82, 2.24) is 4.90 Å². The van der Waals surface area contributed by atoms with Crippen LogP contribution in [0.1, 0.15) is 0 Å². The van der Waals surface area contributed by atoms with Crippen molar-refractivity contribution < 1.29 is 0 Å². The molecule has 2 nitrogen and oxygen atoms in total. The minimum absolute atomic E-state index is 0.462. The molecule has 0 amide bonds. The summed E-state index contributed by atoms with van der Waals surface area (Å²) in [6, 6.07) is 0. The van der Waals surface area contributed by atoms with Crippen molar-refractivity contribution >= 4 is 6.34 Å². The Hall–Kier alpha value is -0.970. The Kier molecular flexibility index (Phi) is 2.78. The van der Waals surface area contributed by atoms with E-state index >= 15 is 0 Å². The number of rotatable bonds is 2. The van der Waals surface area contributed by atoms with Gasteiger partial charge in [0.1, 0.15) is 0 Å². The first-order valence-electron chi connectivity index (χ1n) is 1.88. The number of nitrogens with one attached hydrogen (secondary N) is 1. The molecule has 0 aromatic heterocycles. The average Bonchev–Trinajstić information content (AvgIpc) is 1.68. The summed E-state index contributed by atoms with van der Waals surface area (Å²) in [5.41, 5.74) is 0. The lowest BCUT2D eigenvalue weighted by Gasteiger charge is -2.02. The Bertz CT molecular complexity index is 90.7. The van der Waals surface area contributed by atoms with Crippen LogP contribution in [0.25, 0.3) is 0 Å². The Balaban J connectivity index is 3.21. The second kappa shape index (κ2) is 3.23. The van der Waals surface area contributed by atoms with E-state index in [9.17, 15) is 0 Å². The van der Waals surface area contributed by atoms with Crippen molar-refractivity contribution in [3.8, 4) is 12.3 Å². The van der Waals surface area contributed by atoms with Gasteiger partial charge in [-0.05, 0) is 0 Å². The molecule has 0 atom stereocenters. The summed E-state index contributed by atoms with van der Waals surface area (Å²) >= 11 is 0. The highest BCUT2D eigenvalue weighted by molar-refractivity contribution is 5.50. The third-order valence-electron chi connectivity index (χ3n) is 0.519. The van der Waals surface area contributed by atoms with Gasteiger partial charge in [-0.3, -0.25) is 5.41 Å². The van der Waals surface area contributed by atoms with Crippen LogP contribution in [0.2, 0.25) is 0 Å². The maximum atomic E-state index is 6.49. The van der Waals surface area contributed by atoms with Gasteiger partial charge in [-0.25, -0.2) is 0 Å². The van der Waals surface area contributed by atoms with Crippen molar-refractivity contribution in [3.05, 3.63) is 0 Å². The zero-order valence-electron chi connectivity index (χ0n) is 4.23. The van der Waals surface area contributed by atoms with E-state index in [1.165, 1.54) is 4.90 Å². The largest absolute Gasteiger partial charge is 0.346 e. The third kappa shape index (κ3) is 2.84. The number of terminal acetylenes is 1. The molecule has 0 aliphatic rings. The van der Waals surface area contributed by atoms with Crippen LogP contribution in [0.5, 0.6) is 0 Å². The van der Waals surface area contributed by atoms with Gasteiger partial charge in [-0.15, -0.1) is 6.42 Å². The maximum absolute atomic E-state index is 6.49. The minimum atomic E-state index is 0.462. The van der Waals surface area contributed by atoms with Crippen molar-refractivity contribution in [2.45, 2.75) is 0 Å². The van der Waals surface area contributed by atoms with E-state index in [0.717, 1.165) is 0 Å². The van der Waals surface area contributed by atoms with E-state index in [4.69, 9.17) is 11.8 Å². The molecular weight excluding hydrogens is 88.1 g/mol. The lowest BCUT2D eigenvalue weighted by Crippen LogP contribution is -2.14. The second-order valence-corrected chi connectivity index (χ2v) is 1.17. The summed E-state index contributed by atoms with van der Waals surface area (Å²) in [6.07, 6.45) is 7.00. The predicted octanol–water partition coefficient (Wildman–Crippen LogP) is 0.0355. The minimum Gasteiger partial charge on any atom is -0.346 e. The monoisotopic (exact) mass is 95.1 g/mol. The predicted molar refractivity (Wildman–Crippen MR) is 29.2 cm³/mol. The molecule has 0 aromatic rings. The fraction of sp³-hybridized carbons (Fsp3) is 0.400. The smallest absolute Gasteiger partial charge is 0.164 e. The molecule has 1 N–H and O–H groups in total. The second-order valence-electron chi connectivity index (χ2n) is 1.17. The summed E-state index contributed by atoms with van der Waals surface area (Å²) in [7, 11) is 1.70. The molecule has 0 fully saturated rings. The van der Waals surface area contributed by atoms with Crippen molar-refractivity contribution in [1.29, 1.82) is 5.41 Å². The highest BCUT2D eigenvalue weighted by Gasteiger charge is 1.81. The van der Waals surface area contributed by atoms with E-state index in [-0.39, 0.29) is 0 Å². The van der Waals surface area contributed by atoms with Crippen LogP contribution in [-0.2, 0) is 0 Å². The van der Waals surface area contributed by atoms with Crippen LogP contribution in [-0.4, -0.2) is 24.8 Å². The van der Waals surface area contributed by atoms with Crippen molar-refractivity contribution in [2.24, 2.45) is 0 Å². The first-order chi connectivity index (χ1) is 3.31. The Morgan fingerprint density at radius 3 is 2.57 bits per heavy atom. The van der Waals surface area contributed by atoms with E-state index in [0.29, 0.717) is 6.54 Å². The van der Waals surface area contributed by atoms with Gasteiger partial charge in [0, 0.05) is 7.05 Å². The van der Waals surface area contributed by atoms with Crippen molar-refractivity contribution in [3.63, 3.8) is 0 Å². The first kappa shape index (κ1) is 6.03. The molecule has 0 aliphatic heterocycles. The molecule has 0 bridgehead atoms. The van der Waals surface area contributed by atoms with Gasteiger partial charge in [0.15, 0.2) is 6.34 Å². The van der Waals surface area contributed by atoms with Gasteiger partial charge in [0.25, 0.3) is 0 Å². The maximum Gasteiger partial charge on any atom is 0.164 e. The molecule has 0 saturated heterocycles. The molecule has 0 aromatic carbocycles. The van der Waals surface area contributed by atoms with Gasteiger partial charge in [-0.1, -0.05) is 5.92 Å². The van der Waals surface area contributed by atoms with Gasteiger partial charge < -0.3 is 4.90 Å². The molecule has 7 heavy (non-hydrogen) atoms. The van der Waals surface area contributed by atoms with Crippen LogP contribution in [0, 0.1) is 17.8 Å². The summed E-state index contributed by atoms with van der Waals surface area (Å²) < 4.78 is 0. The molecule has 0 heterocycles. The zero-order chi connectivity index (χ0) is 5.70. The standard InChI is InChI=1S/C5H7N2/c1-3-4-7(2)5-6/h1,6H,4H2,2H3. The quantitative estimate of drug-likeness (QED) is 0.223. The Labute approximate surface area is 43.6 Å². The van der Waals surface area contributed by atoms with E-state index in [2.05, 4.69) is 12.3 Å². The Morgan fingerprint density at radius 1 is 1.86 bits per heavy atom. The Morgan fingerprint density at radius 2 is 2.43 bits per heavy atom. The van der Waals surface area contributed by atoms with E-state index in [1.54, 1.807) is 7.05 Å². The van der Waals surface area contributed by atoms with Gasteiger partial charge >= 0.3 is 0 Å². The van der Waals surface area contributed by atoms with E-state index in [1.807, 2.05) is 0 Å².